The van der Waals surface area contributed by atoms with E-state index < -0.39 is 33.4 Å². The first-order chi connectivity index (χ1) is 17.3. The molecule has 0 aromatic rings. The zero-order chi connectivity index (χ0) is 25.7. The van der Waals surface area contributed by atoms with Crippen LogP contribution in [-0.2, 0) is 19.1 Å². The zero-order valence-corrected chi connectivity index (χ0v) is 22.3. The van der Waals surface area contributed by atoms with Crippen molar-refractivity contribution in [1.82, 2.24) is 19.6 Å². The molecule has 1 N–H and O–H groups in total. The molecule has 5 aliphatic heterocycles. The normalized spacial score (nSPS) is 37.6. The van der Waals surface area contributed by atoms with Crippen LogP contribution in [0.3, 0.4) is 0 Å². The Kier molecular flexibility index (Phi) is 6.99. The number of carbonyl (C=O) groups excluding carboxylic acids is 3. The number of likely N-dealkylation sites (tertiary alicyclic amines) is 1. The number of ether oxygens (including phenoxy) is 1. The summed E-state index contributed by atoms with van der Waals surface area (Å²) < 4.78 is 4.00. The van der Waals surface area contributed by atoms with Gasteiger partial charge in [0.1, 0.15) is 6.04 Å². The molecule has 36 heavy (non-hydrogen) atoms. The van der Waals surface area contributed by atoms with Crippen LogP contribution in [0.1, 0.15) is 20.3 Å². The Morgan fingerprint density at radius 3 is 2.47 bits per heavy atom. The van der Waals surface area contributed by atoms with E-state index in [9.17, 15) is 19.5 Å². The number of hydrogen-bond acceptors (Lipinski definition) is 7. The van der Waals surface area contributed by atoms with Crippen LogP contribution in [0, 0.1) is 11.8 Å². The van der Waals surface area contributed by atoms with E-state index >= 15 is 0 Å². The summed E-state index contributed by atoms with van der Waals surface area (Å²) in [6.45, 7) is 9.11. The van der Waals surface area contributed by atoms with Gasteiger partial charge in [-0.3, -0.25) is 19.3 Å². The molecule has 3 amide bonds. The molecule has 5 rings (SSSR count). The second kappa shape index (κ2) is 9.78. The van der Waals surface area contributed by atoms with Gasteiger partial charge in [-0.15, -0.1) is 11.8 Å². The predicted octanol–water partition coefficient (Wildman–Crippen LogP) is 0.204. The average molecular weight is 519 g/mol. The lowest BCUT2D eigenvalue weighted by Crippen LogP contribution is -2.57. The van der Waals surface area contributed by atoms with Gasteiger partial charge in [-0.1, -0.05) is 31.2 Å². The molecule has 0 aromatic heterocycles. The van der Waals surface area contributed by atoms with Crippen molar-refractivity contribution in [3.05, 3.63) is 24.3 Å². The van der Waals surface area contributed by atoms with Crippen molar-refractivity contribution in [2.24, 2.45) is 11.8 Å². The van der Waals surface area contributed by atoms with E-state index in [1.54, 1.807) is 28.6 Å². The van der Waals surface area contributed by atoms with Crippen molar-refractivity contribution >= 4 is 29.5 Å². The highest BCUT2D eigenvalue weighted by Crippen LogP contribution is 2.65. The molecule has 10 heteroatoms. The zero-order valence-electron chi connectivity index (χ0n) is 21.5. The molecular weight excluding hydrogens is 480 g/mol. The van der Waals surface area contributed by atoms with Crippen LogP contribution in [0.2, 0.25) is 0 Å². The lowest BCUT2D eigenvalue weighted by atomic mass is 9.74. The summed E-state index contributed by atoms with van der Waals surface area (Å²) in [6.07, 6.45) is 8.66. The fraction of sp³-hybridized carbons (Fsp3) is 0.731. The molecular formula is C26H38N4O5S. The van der Waals surface area contributed by atoms with E-state index in [2.05, 4.69) is 11.0 Å². The lowest BCUT2D eigenvalue weighted by molar-refractivity contribution is -0.147. The maximum atomic E-state index is 14.3. The number of nitrogens with zero attached hydrogens (tertiary/aromatic N) is 4. The number of rotatable bonds is 6. The van der Waals surface area contributed by atoms with Crippen molar-refractivity contribution in [3.63, 3.8) is 0 Å². The summed E-state index contributed by atoms with van der Waals surface area (Å²) in [6, 6.07) is -1.22. The first kappa shape index (κ1) is 25.8. The smallest absolute Gasteiger partial charge is 0.247 e. The van der Waals surface area contributed by atoms with Gasteiger partial charge in [0.15, 0.2) is 0 Å². The minimum Gasteiger partial charge on any atom is -0.394 e. The maximum absolute atomic E-state index is 14.3. The molecule has 5 aliphatic rings. The molecule has 0 bridgehead atoms. The molecule has 3 saturated heterocycles. The first-order valence-electron chi connectivity index (χ1n) is 13.1. The van der Waals surface area contributed by atoms with Gasteiger partial charge in [0.05, 0.1) is 42.4 Å². The average Bonchev–Trinajstić information content (AvgIpc) is 3.15. The van der Waals surface area contributed by atoms with E-state index in [1.165, 1.54) is 0 Å². The summed E-state index contributed by atoms with van der Waals surface area (Å²) in [5.74, 6) is -1.56. The summed E-state index contributed by atoms with van der Waals surface area (Å²) in [5.41, 5.74) is 0. The topological polar surface area (TPSA) is 93.6 Å². The Balaban J connectivity index is 1.54. The standard InChI is InChI=1S/C26H38N4O5S/c1-4-18(17-31)30-21-24(34)29(12-11-28-13-15-35-16-14-28)10-6-8-26(21)20(23(30)33)19-22(32)27(3)9-5-7-25(19,2)36-26/h5-8,18-21,31H,4,9-17H2,1-3H3/t18-,19+,20-,21?,25-,26-/m0/s1. The molecule has 0 aliphatic carbocycles. The first-order valence-corrected chi connectivity index (χ1v) is 13.9. The Hall–Kier alpha value is -1.88. The molecule has 1 spiro atoms. The number of amides is 3. The molecule has 0 saturated carbocycles. The number of aliphatic hydroxyl groups excluding tert-OH is 1. The van der Waals surface area contributed by atoms with Crippen LogP contribution >= 0.6 is 11.8 Å². The van der Waals surface area contributed by atoms with Gasteiger partial charge in [-0.2, -0.15) is 0 Å². The van der Waals surface area contributed by atoms with Gasteiger partial charge in [0, 0.05) is 51.1 Å². The fourth-order valence-corrected chi connectivity index (χ4v) is 8.87. The van der Waals surface area contributed by atoms with Gasteiger partial charge >= 0.3 is 0 Å². The second-order valence-corrected chi connectivity index (χ2v) is 12.5. The molecule has 3 fully saturated rings. The van der Waals surface area contributed by atoms with Crippen molar-refractivity contribution in [1.29, 1.82) is 0 Å². The number of fused-ring (bicyclic) bond motifs is 2. The fourth-order valence-electron chi connectivity index (χ4n) is 6.72. The van der Waals surface area contributed by atoms with Crippen molar-refractivity contribution in [2.45, 2.75) is 41.8 Å². The number of aliphatic hydroxyl groups is 1. The summed E-state index contributed by atoms with van der Waals surface area (Å²) in [7, 11) is 1.77. The van der Waals surface area contributed by atoms with Crippen LogP contribution in [0.4, 0.5) is 0 Å². The van der Waals surface area contributed by atoms with Gasteiger partial charge in [-0.05, 0) is 13.3 Å². The van der Waals surface area contributed by atoms with E-state index in [4.69, 9.17) is 4.74 Å². The number of likely N-dealkylation sites (N-methyl/N-ethyl adjacent to an activating group) is 1. The molecule has 6 atom stereocenters. The summed E-state index contributed by atoms with van der Waals surface area (Å²) >= 11 is 1.59. The molecule has 0 aromatic carbocycles. The van der Waals surface area contributed by atoms with Crippen LogP contribution in [0.15, 0.2) is 24.3 Å². The van der Waals surface area contributed by atoms with Gasteiger partial charge in [0.2, 0.25) is 17.7 Å². The summed E-state index contributed by atoms with van der Waals surface area (Å²) in [4.78, 5) is 49.6. The van der Waals surface area contributed by atoms with Gasteiger partial charge in [-0.25, -0.2) is 0 Å². The Morgan fingerprint density at radius 1 is 1.06 bits per heavy atom. The quantitative estimate of drug-likeness (QED) is 0.503. The Morgan fingerprint density at radius 2 is 1.78 bits per heavy atom. The number of carbonyl (C=O) groups is 3. The van der Waals surface area contributed by atoms with Gasteiger partial charge < -0.3 is 24.5 Å². The molecule has 9 nitrogen and oxygen atoms in total. The summed E-state index contributed by atoms with van der Waals surface area (Å²) in [5, 5.41) is 10.2. The van der Waals surface area contributed by atoms with E-state index in [-0.39, 0.29) is 24.3 Å². The van der Waals surface area contributed by atoms with Gasteiger partial charge in [0.25, 0.3) is 0 Å². The third-order valence-electron chi connectivity index (χ3n) is 8.65. The van der Waals surface area contributed by atoms with Crippen LogP contribution in [0.25, 0.3) is 0 Å². The minimum atomic E-state index is -0.859. The van der Waals surface area contributed by atoms with Crippen molar-refractivity contribution < 1.29 is 24.2 Å². The lowest BCUT2D eigenvalue weighted by Gasteiger charge is -2.40. The molecule has 0 radical (unpaired) electrons. The highest BCUT2D eigenvalue weighted by molar-refractivity contribution is 8.02. The predicted molar refractivity (Wildman–Crippen MR) is 137 cm³/mol. The van der Waals surface area contributed by atoms with E-state index in [0.29, 0.717) is 39.3 Å². The van der Waals surface area contributed by atoms with Crippen LogP contribution in [-0.4, -0.2) is 130 Å². The second-order valence-electron chi connectivity index (χ2n) is 10.7. The third-order valence-corrected chi connectivity index (χ3v) is 10.4. The van der Waals surface area contributed by atoms with E-state index in [1.807, 2.05) is 37.0 Å². The Labute approximate surface area is 217 Å². The number of hydrogen-bond donors (Lipinski definition) is 1. The van der Waals surface area contributed by atoms with Crippen molar-refractivity contribution in [2.75, 3.05) is 66.1 Å². The SMILES string of the molecule is CC[C@@H](CO)N1C(=O)[C@@H]2[C@@H]3C(=O)N(C)CC=C[C@]3(C)S[C@@]23C=CCN(CCN2CCOCC2)C(=O)C13. The van der Waals surface area contributed by atoms with Crippen LogP contribution in [0.5, 0.6) is 0 Å². The molecule has 198 valence electrons. The number of thioether (sulfide) groups is 1. The van der Waals surface area contributed by atoms with Crippen LogP contribution < -0.4 is 0 Å². The molecule has 5 heterocycles. The number of morpholine rings is 1. The monoisotopic (exact) mass is 518 g/mol. The highest BCUT2D eigenvalue weighted by Gasteiger charge is 2.74. The van der Waals surface area contributed by atoms with Crippen molar-refractivity contribution in [3.8, 4) is 0 Å². The maximum Gasteiger partial charge on any atom is 0.247 e. The minimum absolute atomic E-state index is 0.0582. The highest BCUT2D eigenvalue weighted by atomic mass is 32.2. The third kappa shape index (κ3) is 3.92. The van der Waals surface area contributed by atoms with E-state index in [0.717, 1.165) is 19.6 Å². The molecule has 1 unspecified atom stereocenters. The largest absolute Gasteiger partial charge is 0.394 e. The Bertz CT molecular complexity index is 964.